The van der Waals surface area contributed by atoms with Crippen molar-refractivity contribution in [3.05, 3.63) is 0 Å². The van der Waals surface area contributed by atoms with Gasteiger partial charge in [-0.3, -0.25) is 25.2 Å². The fourth-order valence-electron chi connectivity index (χ4n) is 5.94. The molecule has 10 heteroatoms. The standard InChI is InChI=1S/C24H43FN6O3/c1-15-10-11-16(14-19(15)25)22-28-21(34-31-22)9-4-8-20(32)26-12-5-13-27-23-17-6-2-3-7-18(17)24(33)30-29-23/h15-19,21-23,27-29,31H,2-14H2,1H3,(H,26,32)(H,30,33). The van der Waals surface area contributed by atoms with Crippen molar-refractivity contribution in [2.45, 2.75) is 102 Å². The second kappa shape index (κ2) is 12.6. The monoisotopic (exact) mass is 482 g/mol. The van der Waals surface area contributed by atoms with Crippen molar-refractivity contribution in [2.75, 3.05) is 13.1 Å². The normalized spacial score (nSPS) is 38.2. The fraction of sp³-hybridized carbons (Fsp3) is 0.917. The third kappa shape index (κ3) is 6.87. The molecular weight excluding hydrogens is 439 g/mol. The number of alkyl halides is 1. The van der Waals surface area contributed by atoms with Gasteiger partial charge in [-0.15, -0.1) is 0 Å². The number of fused-ring (bicyclic) bond motifs is 1. The molecule has 4 rings (SSSR count). The molecule has 6 N–H and O–H groups in total. The molecule has 0 bridgehead atoms. The number of amides is 2. The Morgan fingerprint density at radius 1 is 1.15 bits per heavy atom. The lowest BCUT2D eigenvalue weighted by molar-refractivity contribution is -0.134. The number of hydrogen-bond donors (Lipinski definition) is 6. The van der Waals surface area contributed by atoms with E-state index in [0.29, 0.717) is 25.3 Å². The van der Waals surface area contributed by atoms with Crippen LogP contribution in [0, 0.1) is 23.7 Å². The van der Waals surface area contributed by atoms with Crippen LogP contribution in [0.2, 0.25) is 0 Å². The van der Waals surface area contributed by atoms with E-state index in [9.17, 15) is 14.0 Å². The predicted molar refractivity (Wildman–Crippen MR) is 126 cm³/mol. The van der Waals surface area contributed by atoms with Crippen molar-refractivity contribution >= 4 is 11.8 Å². The summed E-state index contributed by atoms with van der Waals surface area (Å²) < 4.78 is 14.0. The Balaban J connectivity index is 1.03. The molecule has 0 aromatic heterocycles. The van der Waals surface area contributed by atoms with Crippen molar-refractivity contribution < 1.29 is 18.8 Å². The largest absolute Gasteiger partial charge is 0.356 e. The zero-order valence-corrected chi connectivity index (χ0v) is 20.4. The van der Waals surface area contributed by atoms with Crippen molar-refractivity contribution in [3.8, 4) is 0 Å². The molecule has 8 unspecified atom stereocenters. The second-order valence-corrected chi connectivity index (χ2v) is 10.7. The van der Waals surface area contributed by atoms with E-state index in [1.807, 2.05) is 6.92 Å². The maximum Gasteiger partial charge on any atom is 0.237 e. The second-order valence-electron chi connectivity index (χ2n) is 10.7. The Kier molecular flexibility index (Phi) is 9.53. The molecule has 4 aliphatic rings. The number of carbonyl (C=O) groups is 2. The molecule has 2 aliphatic heterocycles. The topological polar surface area (TPSA) is 116 Å². The maximum atomic E-state index is 14.0. The van der Waals surface area contributed by atoms with Gasteiger partial charge in [0.2, 0.25) is 11.8 Å². The van der Waals surface area contributed by atoms with E-state index in [2.05, 4.69) is 32.3 Å². The Morgan fingerprint density at radius 2 is 2.00 bits per heavy atom. The van der Waals surface area contributed by atoms with E-state index in [0.717, 1.165) is 57.9 Å². The number of hydrazine groups is 1. The number of rotatable bonds is 10. The van der Waals surface area contributed by atoms with Gasteiger partial charge in [0, 0.05) is 24.8 Å². The van der Waals surface area contributed by atoms with E-state index in [1.54, 1.807) is 0 Å². The number of halogens is 1. The van der Waals surface area contributed by atoms with Gasteiger partial charge in [-0.25, -0.2) is 9.82 Å². The van der Waals surface area contributed by atoms with Gasteiger partial charge >= 0.3 is 0 Å². The van der Waals surface area contributed by atoms with Crippen molar-refractivity contribution in [2.24, 2.45) is 23.7 Å². The first-order valence-corrected chi connectivity index (χ1v) is 13.4. The van der Waals surface area contributed by atoms with Gasteiger partial charge in [0.1, 0.15) is 12.4 Å². The van der Waals surface area contributed by atoms with Gasteiger partial charge in [0.05, 0.1) is 12.3 Å². The Labute approximate surface area is 202 Å². The minimum atomic E-state index is -0.732. The highest BCUT2D eigenvalue weighted by atomic mass is 19.1. The molecule has 2 amide bonds. The number of nitrogens with one attached hydrogen (secondary N) is 6. The summed E-state index contributed by atoms with van der Waals surface area (Å²) in [5, 5.41) is 9.90. The summed E-state index contributed by atoms with van der Waals surface area (Å²) in [4.78, 5) is 29.8. The van der Waals surface area contributed by atoms with Crippen LogP contribution in [0.25, 0.3) is 0 Å². The minimum Gasteiger partial charge on any atom is -0.356 e. The molecule has 0 aromatic rings. The van der Waals surface area contributed by atoms with Gasteiger partial charge in [0.15, 0.2) is 0 Å². The molecule has 194 valence electrons. The van der Waals surface area contributed by atoms with E-state index in [4.69, 9.17) is 4.84 Å². The van der Waals surface area contributed by atoms with Gasteiger partial charge in [-0.1, -0.05) is 19.8 Å². The first kappa shape index (κ1) is 25.8. The SMILES string of the molecule is CC1CCC(C2NOC(CCCC(=O)NCCCNC3NNC(=O)C4CCCCC34)N2)CC1F. The summed E-state index contributed by atoms with van der Waals surface area (Å²) in [6.07, 6.45) is 8.86. The van der Waals surface area contributed by atoms with E-state index in [1.165, 1.54) is 6.42 Å². The summed E-state index contributed by atoms with van der Waals surface area (Å²) >= 11 is 0. The Morgan fingerprint density at radius 3 is 2.85 bits per heavy atom. The van der Waals surface area contributed by atoms with Crippen LogP contribution < -0.4 is 32.3 Å². The lowest BCUT2D eigenvalue weighted by Gasteiger charge is -2.41. The summed E-state index contributed by atoms with van der Waals surface area (Å²) in [7, 11) is 0. The third-order valence-electron chi connectivity index (χ3n) is 8.16. The van der Waals surface area contributed by atoms with E-state index < -0.39 is 6.17 Å². The molecule has 34 heavy (non-hydrogen) atoms. The first-order chi connectivity index (χ1) is 16.5. The summed E-state index contributed by atoms with van der Waals surface area (Å²) in [6, 6.07) is 0. The molecule has 8 atom stereocenters. The Hall–Kier alpha value is -1.33. The molecule has 4 fully saturated rings. The fourth-order valence-corrected chi connectivity index (χ4v) is 5.94. The van der Waals surface area contributed by atoms with Crippen LogP contribution in [0.5, 0.6) is 0 Å². The molecule has 0 radical (unpaired) electrons. The molecule has 2 aliphatic carbocycles. The summed E-state index contributed by atoms with van der Waals surface area (Å²) in [6.45, 7) is 3.40. The molecule has 0 spiro atoms. The summed E-state index contributed by atoms with van der Waals surface area (Å²) in [5.74, 6) is 1.04. The van der Waals surface area contributed by atoms with Crippen LogP contribution in [0.15, 0.2) is 0 Å². The first-order valence-electron chi connectivity index (χ1n) is 13.4. The van der Waals surface area contributed by atoms with E-state index in [-0.39, 0.29) is 48.1 Å². The average molecular weight is 483 g/mol. The van der Waals surface area contributed by atoms with Crippen LogP contribution in [-0.4, -0.2) is 49.6 Å². The van der Waals surface area contributed by atoms with Crippen LogP contribution in [-0.2, 0) is 14.4 Å². The van der Waals surface area contributed by atoms with E-state index >= 15 is 0 Å². The Bertz CT molecular complexity index is 685. The van der Waals surface area contributed by atoms with Gasteiger partial charge in [-0.2, -0.15) is 5.48 Å². The quantitative estimate of drug-likeness (QED) is 0.262. The van der Waals surface area contributed by atoms with Crippen LogP contribution in [0.3, 0.4) is 0 Å². The lowest BCUT2D eigenvalue weighted by atomic mass is 9.76. The van der Waals surface area contributed by atoms with Gasteiger partial charge in [-0.05, 0) is 69.7 Å². The number of carbonyl (C=O) groups excluding carboxylic acids is 2. The molecule has 2 saturated carbocycles. The maximum absolute atomic E-state index is 14.0. The smallest absolute Gasteiger partial charge is 0.237 e. The van der Waals surface area contributed by atoms with Crippen LogP contribution in [0.4, 0.5) is 4.39 Å². The molecular formula is C24H43FN6O3. The molecule has 2 heterocycles. The van der Waals surface area contributed by atoms with Crippen LogP contribution in [0.1, 0.15) is 77.6 Å². The van der Waals surface area contributed by atoms with Gasteiger partial charge < -0.3 is 10.6 Å². The highest BCUT2D eigenvalue weighted by molar-refractivity contribution is 5.79. The highest BCUT2D eigenvalue weighted by Crippen LogP contribution is 2.34. The van der Waals surface area contributed by atoms with Gasteiger partial charge in [0.25, 0.3) is 0 Å². The van der Waals surface area contributed by atoms with Crippen LogP contribution >= 0.6 is 0 Å². The minimum absolute atomic E-state index is 0.00654. The molecule has 0 aromatic carbocycles. The lowest BCUT2D eigenvalue weighted by Crippen LogP contribution is -2.64. The molecule has 2 saturated heterocycles. The predicted octanol–water partition coefficient (Wildman–Crippen LogP) is 1.57. The van der Waals surface area contributed by atoms with Crippen molar-refractivity contribution in [1.82, 2.24) is 32.3 Å². The zero-order chi connectivity index (χ0) is 23.9. The van der Waals surface area contributed by atoms with Crippen molar-refractivity contribution in [1.29, 1.82) is 0 Å². The third-order valence-corrected chi connectivity index (χ3v) is 8.16. The highest BCUT2D eigenvalue weighted by Gasteiger charge is 2.39. The zero-order valence-electron chi connectivity index (χ0n) is 20.4. The number of hydrogen-bond acceptors (Lipinski definition) is 7. The number of hydroxylamine groups is 1. The molecule has 9 nitrogen and oxygen atoms in total. The average Bonchev–Trinajstić information content (AvgIpc) is 3.31. The summed E-state index contributed by atoms with van der Waals surface area (Å²) in [5.41, 5.74) is 8.95. The van der Waals surface area contributed by atoms with Crippen molar-refractivity contribution in [3.63, 3.8) is 0 Å².